The third-order valence-corrected chi connectivity index (χ3v) is 4.14. The monoisotopic (exact) mass is 307 g/mol. The molecule has 5 heteroatoms. The molecule has 0 aliphatic carbocycles. The molecule has 2 amide bonds. The van der Waals surface area contributed by atoms with Crippen LogP contribution in [0.4, 0.5) is 4.39 Å². The molecule has 0 atom stereocenters. The number of hydrogen-bond acceptors (Lipinski definition) is 3. The first-order chi connectivity index (χ1) is 9.95. The molecule has 3 nitrogen and oxygen atoms in total. The van der Waals surface area contributed by atoms with Gasteiger partial charge < -0.3 is 0 Å². The highest BCUT2D eigenvalue weighted by molar-refractivity contribution is 8.04. The molecule has 21 heavy (non-hydrogen) atoms. The van der Waals surface area contributed by atoms with Gasteiger partial charge in [-0.1, -0.05) is 32.9 Å². The van der Waals surface area contributed by atoms with Crippen molar-refractivity contribution in [3.8, 4) is 0 Å². The summed E-state index contributed by atoms with van der Waals surface area (Å²) in [6.45, 7) is 6.27. The zero-order chi connectivity index (χ0) is 15.6. The number of halogens is 1. The largest absolute Gasteiger partial charge is 0.274 e. The number of rotatable bonds is 5. The van der Waals surface area contributed by atoms with Crippen molar-refractivity contribution < 1.29 is 14.0 Å². The molecule has 1 aromatic carbocycles. The minimum Gasteiger partial charge on any atom is -0.274 e. The Bertz CT molecular complexity index is 593. The zero-order valence-corrected chi connectivity index (χ0v) is 13.2. The topological polar surface area (TPSA) is 37.4 Å². The van der Waals surface area contributed by atoms with Crippen LogP contribution in [0.1, 0.15) is 32.8 Å². The van der Waals surface area contributed by atoms with Gasteiger partial charge in [0.25, 0.3) is 11.8 Å². The summed E-state index contributed by atoms with van der Waals surface area (Å²) in [7, 11) is 0. The van der Waals surface area contributed by atoms with Crippen LogP contribution in [0.25, 0.3) is 5.57 Å². The average molecular weight is 307 g/mol. The predicted molar refractivity (Wildman–Crippen MR) is 83.1 cm³/mol. The lowest BCUT2D eigenvalue weighted by molar-refractivity contribution is -0.136. The standard InChI is InChI=1S/C16H18FNO2S/c1-4-9-18-15(19)13(11-5-7-12(17)8-6-11)14(16(18)20)21-10(2)3/h5-8,10H,4,9H2,1-3H3. The molecular formula is C16H18FNO2S. The van der Waals surface area contributed by atoms with E-state index >= 15 is 0 Å². The van der Waals surface area contributed by atoms with Crippen LogP contribution in [-0.2, 0) is 9.59 Å². The van der Waals surface area contributed by atoms with Gasteiger partial charge >= 0.3 is 0 Å². The molecule has 0 N–H and O–H groups in total. The zero-order valence-electron chi connectivity index (χ0n) is 12.4. The second-order valence-electron chi connectivity index (χ2n) is 5.14. The van der Waals surface area contributed by atoms with E-state index in [1.807, 2.05) is 20.8 Å². The van der Waals surface area contributed by atoms with E-state index in [2.05, 4.69) is 0 Å². The minimum atomic E-state index is -0.361. The number of nitrogens with zero attached hydrogens (tertiary/aromatic N) is 1. The first kappa shape index (κ1) is 15.8. The Labute approximate surface area is 128 Å². The fraction of sp³-hybridized carbons (Fsp3) is 0.375. The number of benzene rings is 1. The van der Waals surface area contributed by atoms with E-state index in [4.69, 9.17) is 0 Å². The Balaban J connectivity index is 2.48. The maximum atomic E-state index is 13.1. The number of carbonyl (C=O) groups is 2. The van der Waals surface area contributed by atoms with Gasteiger partial charge in [0.05, 0.1) is 10.5 Å². The summed E-state index contributed by atoms with van der Waals surface area (Å²) in [6.07, 6.45) is 0.716. The highest BCUT2D eigenvalue weighted by Crippen LogP contribution is 2.37. The fourth-order valence-electron chi connectivity index (χ4n) is 2.20. The van der Waals surface area contributed by atoms with E-state index in [-0.39, 0.29) is 22.9 Å². The molecule has 2 rings (SSSR count). The molecular weight excluding hydrogens is 289 g/mol. The quantitative estimate of drug-likeness (QED) is 0.782. The van der Waals surface area contributed by atoms with Crippen molar-refractivity contribution >= 4 is 29.1 Å². The lowest BCUT2D eigenvalue weighted by Gasteiger charge is -2.13. The molecule has 1 aromatic rings. The molecule has 0 saturated carbocycles. The number of thioether (sulfide) groups is 1. The number of imide groups is 1. The fourth-order valence-corrected chi connectivity index (χ4v) is 3.20. The summed E-state index contributed by atoms with van der Waals surface area (Å²) in [6, 6.07) is 5.71. The van der Waals surface area contributed by atoms with E-state index in [1.54, 1.807) is 12.1 Å². The van der Waals surface area contributed by atoms with Crippen molar-refractivity contribution in [2.45, 2.75) is 32.4 Å². The van der Waals surface area contributed by atoms with Crippen LogP contribution < -0.4 is 0 Å². The Kier molecular flexibility index (Phi) is 4.83. The smallest absolute Gasteiger partial charge is 0.267 e. The lowest BCUT2D eigenvalue weighted by atomic mass is 10.1. The van der Waals surface area contributed by atoms with Gasteiger partial charge in [-0.05, 0) is 24.1 Å². The van der Waals surface area contributed by atoms with Crippen LogP contribution >= 0.6 is 11.8 Å². The first-order valence-corrected chi connectivity index (χ1v) is 7.86. The van der Waals surface area contributed by atoms with Gasteiger partial charge in [0, 0.05) is 11.8 Å². The van der Waals surface area contributed by atoms with Gasteiger partial charge in [0.2, 0.25) is 0 Å². The molecule has 0 fully saturated rings. The maximum absolute atomic E-state index is 13.1. The molecule has 0 saturated heterocycles. The molecule has 0 spiro atoms. The predicted octanol–water partition coefficient (Wildman–Crippen LogP) is 3.46. The summed E-state index contributed by atoms with van der Waals surface area (Å²) in [4.78, 5) is 26.7. The Morgan fingerprint density at radius 1 is 1.14 bits per heavy atom. The Hall–Kier alpha value is -1.62. The maximum Gasteiger partial charge on any atom is 0.267 e. The molecule has 1 aliphatic rings. The molecule has 0 unspecified atom stereocenters. The SMILES string of the molecule is CCCN1C(=O)C(SC(C)C)=C(c2ccc(F)cc2)C1=O. The van der Waals surface area contributed by atoms with Gasteiger partial charge in [0.1, 0.15) is 5.82 Å². The third kappa shape index (κ3) is 3.18. The summed E-state index contributed by atoms with van der Waals surface area (Å²) in [5.41, 5.74) is 0.989. The number of carbonyl (C=O) groups excluding carboxylic acids is 2. The highest BCUT2D eigenvalue weighted by atomic mass is 32.2. The van der Waals surface area contributed by atoms with Crippen LogP contribution in [0.15, 0.2) is 29.2 Å². The second-order valence-corrected chi connectivity index (χ2v) is 6.73. The lowest BCUT2D eigenvalue weighted by Crippen LogP contribution is -2.32. The van der Waals surface area contributed by atoms with Crippen LogP contribution in [0.5, 0.6) is 0 Å². The summed E-state index contributed by atoms with van der Waals surface area (Å²) in [5, 5.41) is 0.189. The molecule has 0 radical (unpaired) electrons. The normalized spacial score (nSPS) is 15.6. The van der Waals surface area contributed by atoms with Crippen LogP contribution in [0.2, 0.25) is 0 Å². The van der Waals surface area contributed by atoms with Crippen molar-refractivity contribution in [2.24, 2.45) is 0 Å². The molecule has 1 aliphatic heterocycles. The van der Waals surface area contributed by atoms with E-state index in [1.165, 1.54) is 28.8 Å². The van der Waals surface area contributed by atoms with Gasteiger partial charge in [-0.15, -0.1) is 11.8 Å². The Morgan fingerprint density at radius 3 is 2.29 bits per heavy atom. The summed E-state index contributed by atoms with van der Waals surface area (Å²) < 4.78 is 13.1. The van der Waals surface area contributed by atoms with Crippen LogP contribution in [0, 0.1) is 5.82 Å². The van der Waals surface area contributed by atoms with E-state index in [0.717, 1.165) is 0 Å². The summed E-state index contributed by atoms with van der Waals surface area (Å²) >= 11 is 1.38. The van der Waals surface area contributed by atoms with Crippen molar-refractivity contribution in [1.82, 2.24) is 4.90 Å². The molecule has 0 aromatic heterocycles. The van der Waals surface area contributed by atoms with Crippen molar-refractivity contribution in [2.75, 3.05) is 6.54 Å². The van der Waals surface area contributed by atoms with E-state index in [0.29, 0.717) is 29.0 Å². The molecule has 1 heterocycles. The van der Waals surface area contributed by atoms with Crippen molar-refractivity contribution in [1.29, 1.82) is 0 Å². The average Bonchev–Trinajstić information content (AvgIpc) is 2.65. The first-order valence-electron chi connectivity index (χ1n) is 6.98. The van der Waals surface area contributed by atoms with E-state index < -0.39 is 0 Å². The van der Waals surface area contributed by atoms with Gasteiger partial charge in [-0.3, -0.25) is 14.5 Å². The third-order valence-electron chi connectivity index (χ3n) is 3.06. The number of hydrogen-bond donors (Lipinski definition) is 0. The second kappa shape index (κ2) is 6.43. The molecule has 0 bridgehead atoms. The van der Waals surface area contributed by atoms with E-state index in [9.17, 15) is 14.0 Å². The summed E-state index contributed by atoms with van der Waals surface area (Å²) in [5.74, 6) is -0.879. The Morgan fingerprint density at radius 2 is 1.76 bits per heavy atom. The van der Waals surface area contributed by atoms with Gasteiger partial charge in [0.15, 0.2) is 0 Å². The molecule has 112 valence electrons. The van der Waals surface area contributed by atoms with Crippen molar-refractivity contribution in [3.63, 3.8) is 0 Å². The van der Waals surface area contributed by atoms with Gasteiger partial charge in [-0.2, -0.15) is 0 Å². The van der Waals surface area contributed by atoms with Gasteiger partial charge in [-0.25, -0.2) is 4.39 Å². The number of amides is 2. The minimum absolute atomic E-state index is 0.189. The van der Waals surface area contributed by atoms with Crippen LogP contribution in [0.3, 0.4) is 0 Å². The van der Waals surface area contributed by atoms with Crippen molar-refractivity contribution in [3.05, 3.63) is 40.6 Å². The highest BCUT2D eigenvalue weighted by Gasteiger charge is 2.38. The van der Waals surface area contributed by atoms with Crippen LogP contribution in [-0.4, -0.2) is 28.5 Å².